The number of alkyl halides is 3. The standard InChI is InChI=1S/C19H21F3N2O2S/c1-15-5-4-6-16(13-15)14-23-9-11-24(12-10-23)27(25,26)18-8-3-2-7-17(18)19(20,21)22/h2-8,13H,9-12,14H2,1H3. The molecule has 0 aromatic heterocycles. The van der Waals surface area contributed by atoms with E-state index in [2.05, 4.69) is 11.0 Å². The first-order valence-corrected chi connectivity index (χ1v) is 10.1. The molecule has 146 valence electrons. The van der Waals surface area contributed by atoms with E-state index in [9.17, 15) is 21.6 Å². The summed E-state index contributed by atoms with van der Waals surface area (Å²) in [7, 11) is -4.19. The second-order valence-electron chi connectivity index (χ2n) is 6.66. The Morgan fingerprint density at radius 3 is 2.26 bits per heavy atom. The highest BCUT2D eigenvalue weighted by Crippen LogP contribution is 2.35. The van der Waals surface area contributed by atoms with Crippen molar-refractivity contribution in [2.75, 3.05) is 26.2 Å². The van der Waals surface area contributed by atoms with Crippen LogP contribution in [0.25, 0.3) is 0 Å². The number of hydrogen-bond donors (Lipinski definition) is 0. The first-order chi connectivity index (χ1) is 12.7. The third-order valence-electron chi connectivity index (χ3n) is 4.63. The molecule has 8 heteroatoms. The molecule has 0 spiro atoms. The fraction of sp³-hybridized carbons (Fsp3) is 0.368. The average Bonchev–Trinajstić information content (AvgIpc) is 2.61. The summed E-state index contributed by atoms with van der Waals surface area (Å²) in [4.78, 5) is 1.43. The minimum atomic E-state index is -4.71. The van der Waals surface area contributed by atoms with E-state index in [1.54, 1.807) is 0 Å². The van der Waals surface area contributed by atoms with Crippen molar-refractivity contribution in [1.29, 1.82) is 0 Å². The van der Waals surface area contributed by atoms with Crippen LogP contribution in [0.4, 0.5) is 13.2 Å². The van der Waals surface area contributed by atoms with Gasteiger partial charge in [-0.15, -0.1) is 0 Å². The zero-order valence-electron chi connectivity index (χ0n) is 14.9. The number of rotatable bonds is 4. The molecular formula is C19H21F3N2O2S. The van der Waals surface area contributed by atoms with Gasteiger partial charge in [-0.25, -0.2) is 8.42 Å². The lowest BCUT2D eigenvalue weighted by molar-refractivity contribution is -0.139. The molecular weight excluding hydrogens is 377 g/mol. The summed E-state index contributed by atoms with van der Waals surface area (Å²) in [6, 6.07) is 12.4. The van der Waals surface area contributed by atoms with Crippen LogP contribution >= 0.6 is 0 Å². The molecule has 1 aliphatic heterocycles. The normalized spacial score (nSPS) is 17.2. The molecule has 1 fully saturated rings. The van der Waals surface area contributed by atoms with Gasteiger partial charge in [0.05, 0.1) is 10.5 Å². The van der Waals surface area contributed by atoms with Gasteiger partial charge in [0, 0.05) is 32.7 Å². The SMILES string of the molecule is Cc1cccc(CN2CCN(S(=O)(=O)c3ccccc3C(F)(F)F)CC2)c1. The third kappa shape index (κ3) is 4.51. The molecule has 4 nitrogen and oxygen atoms in total. The van der Waals surface area contributed by atoms with Crippen molar-refractivity contribution < 1.29 is 21.6 Å². The van der Waals surface area contributed by atoms with Crippen molar-refractivity contribution >= 4 is 10.0 Å². The van der Waals surface area contributed by atoms with E-state index in [0.717, 1.165) is 27.6 Å². The Morgan fingerprint density at radius 2 is 1.63 bits per heavy atom. The summed E-state index contributed by atoms with van der Waals surface area (Å²) in [5.74, 6) is 0. The van der Waals surface area contributed by atoms with Crippen LogP contribution in [0.3, 0.4) is 0 Å². The molecule has 0 atom stereocenters. The van der Waals surface area contributed by atoms with Crippen molar-refractivity contribution in [2.24, 2.45) is 0 Å². The van der Waals surface area contributed by atoms with Crippen LogP contribution in [0.1, 0.15) is 16.7 Å². The topological polar surface area (TPSA) is 40.6 Å². The van der Waals surface area contributed by atoms with Gasteiger partial charge in [-0.3, -0.25) is 4.90 Å². The Labute approximate surface area is 157 Å². The summed E-state index contributed by atoms with van der Waals surface area (Å²) in [5.41, 5.74) is 1.17. The van der Waals surface area contributed by atoms with E-state index in [-0.39, 0.29) is 13.1 Å². The van der Waals surface area contributed by atoms with Crippen LogP contribution in [0, 0.1) is 6.92 Å². The molecule has 0 radical (unpaired) electrons. The number of hydrogen-bond acceptors (Lipinski definition) is 3. The van der Waals surface area contributed by atoms with Crippen molar-refractivity contribution in [3.8, 4) is 0 Å². The average molecular weight is 398 g/mol. The highest BCUT2D eigenvalue weighted by atomic mass is 32.2. The van der Waals surface area contributed by atoms with E-state index in [4.69, 9.17) is 0 Å². The summed E-state index contributed by atoms with van der Waals surface area (Å²) < 4.78 is 66.3. The summed E-state index contributed by atoms with van der Waals surface area (Å²) in [6.45, 7) is 3.98. The molecule has 0 aliphatic carbocycles. The second kappa shape index (κ2) is 7.61. The third-order valence-corrected chi connectivity index (χ3v) is 6.59. The minimum Gasteiger partial charge on any atom is -0.296 e. The predicted octanol–water partition coefficient (Wildman–Crippen LogP) is 3.52. The monoisotopic (exact) mass is 398 g/mol. The van der Waals surface area contributed by atoms with E-state index < -0.39 is 26.7 Å². The fourth-order valence-electron chi connectivity index (χ4n) is 3.26. The van der Waals surface area contributed by atoms with Gasteiger partial charge in [-0.2, -0.15) is 17.5 Å². The van der Waals surface area contributed by atoms with Gasteiger partial charge in [-0.05, 0) is 24.6 Å². The van der Waals surface area contributed by atoms with Crippen LogP contribution in [0.5, 0.6) is 0 Å². The largest absolute Gasteiger partial charge is 0.417 e. The molecule has 2 aromatic carbocycles. The quantitative estimate of drug-likeness (QED) is 0.791. The highest BCUT2D eigenvalue weighted by Gasteiger charge is 2.39. The molecule has 0 N–H and O–H groups in total. The van der Waals surface area contributed by atoms with Crippen molar-refractivity contribution in [1.82, 2.24) is 9.21 Å². The number of nitrogens with zero attached hydrogens (tertiary/aromatic N) is 2. The molecule has 0 saturated carbocycles. The van der Waals surface area contributed by atoms with Gasteiger partial charge in [0.2, 0.25) is 10.0 Å². The van der Waals surface area contributed by atoms with E-state index >= 15 is 0 Å². The van der Waals surface area contributed by atoms with E-state index in [1.807, 2.05) is 25.1 Å². The van der Waals surface area contributed by atoms with Crippen LogP contribution in [-0.2, 0) is 22.7 Å². The maximum absolute atomic E-state index is 13.2. The van der Waals surface area contributed by atoms with Gasteiger partial charge >= 0.3 is 6.18 Å². The smallest absolute Gasteiger partial charge is 0.296 e. The van der Waals surface area contributed by atoms with Crippen molar-refractivity contribution in [3.63, 3.8) is 0 Å². The Kier molecular flexibility index (Phi) is 5.60. The van der Waals surface area contributed by atoms with Gasteiger partial charge in [0.1, 0.15) is 0 Å². The zero-order valence-corrected chi connectivity index (χ0v) is 15.7. The fourth-order valence-corrected chi connectivity index (χ4v) is 4.90. The molecule has 1 heterocycles. The molecule has 0 unspecified atom stereocenters. The molecule has 1 aliphatic rings. The number of piperazine rings is 1. The van der Waals surface area contributed by atoms with Crippen LogP contribution in [-0.4, -0.2) is 43.8 Å². The maximum Gasteiger partial charge on any atom is 0.417 e. The van der Waals surface area contributed by atoms with Gasteiger partial charge in [-0.1, -0.05) is 42.0 Å². The Bertz CT molecular complexity index is 905. The number of aryl methyl sites for hydroxylation is 1. The lowest BCUT2D eigenvalue weighted by Gasteiger charge is -2.34. The summed E-state index contributed by atoms with van der Waals surface area (Å²) >= 11 is 0. The first kappa shape index (κ1) is 19.9. The summed E-state index contributed by atoms with van der Waals surface area (Å²) in [6.07, 6.45) is -4.71. The van der Waals surface area contributed by atoms with E-state index in [0.29, 0.717) is 19.6 Å². The minimum absolute atomic E-state index is 0.167. The van der Waals surface area contributed by atoms with Gasteiger partial charge < -0.3 is 0 Å². The van der Waals surface area contributed by atoms with Crippen LogP contribution in [0.2, 0.25) is 0 Å². The Balaban J connectivity index is 1.72. The van der Waals surface area contributed by atoms with Gasteiger partial charge in [0.15, 0.2) is 0 Å². The molecule has 0 amide bonds. The molecule has 0 bridgehead atoms. The molecule has 27 heavy (non-hydrogen) atoms. The predicted molar refractivity (Wildman–Crippen MR) is 96.7 cm³/mol. The van der Waals surface area contributed by atoms with Crippen molar-refractivity contribution in [3.05, 3.63) is 65.2 Å². The van der Waals surface area contributed by atoms with E-state index in [1.165, 1.54) is 12.1 Å². The molecule has 1 saturated heterocycles. The number of halogens is 3. The molecule has 2 aromatic rings. The lowest BCUT2D eigenvalue weighted by Crippen LogP contribution is -2.48. The van der Waals surface area contributed by atoms with Gasteiger partial charge in [0.25, 0.3) is 0 Å². The maximum atomic E-state index is 13.2. The number of sulfonamides is 1. The lowest BCUT2D eigenvalue weighted by atomic mass is 10.1. The second-order valence-corrected chi connectivity index (χ2v) is 8.57. The number of benzene rings is 2. The molecule has 3 rings (SSSR count). The van der Waals surface area contributed by atoms with Crippen LogP contribution < -0.4 is 0 Å². The Morgan fingerprint density at radius 1 is 0.963 bits per heavy atom. The highest BCUT2D eigenvalue weighted by molar-refractivity contribution is 7.89. The first-order valence-electron chi connectivity index (χ1n) is 8.62. The Hall–Kier alpha value is -1.90. The van der Waals surface area contributed by atoms with Crippen LogP contribution in [0.15, 0.2) is 53.4 Å². The summed E-state index contributed by atoms with van der Waals surface area (Å²) in [5, 5.41) is 0. The zero-order chi connectivity index (χ0) is 19.7. The van der Waals surface area contributed by atoms with Crippen molar-refractivity contribution in [2.45, 2.75) is 24.5 Å².